The average molecular weight is 270 g/mol. The fourth-order valence-electron chi connectivity index (χ4n) is 2.87. The molecule has 1 aliphatic rings. The van der Waals surface area contributed by atoms with Crippen LogP contribution in [0.25, 0.3) is 10.9 Å². The first-order valence-electron chi connectivity index (χ1n) is 7.54. The summed E-state index contributed by atoms with van der Waals surface area (Å²) in [5.74, 6) is 0.790. The van der Waals surface area contributed by atoms with E-state index in [1.54, 1.807) is 0 Å². The van der Waals surface area contributed by atoms with Gasteiger partial charge in [0, 0.05) is 31.3 Å². The molecule has 0 aliphatic carbocycles. The smallest absolute Gasteiger partial charge is 0.0705 e. The Morgan fingerprint density at radius 3 is 3.15 bits per heavy atom. The summed E-state index contributed by atoms with van der Waals surface area (Å²) in [4.78, 5) is 4.40. The average Bonchev–Trinajstić information content (AvgIpc) is 3.00. The number of pyridine rings is 1. The molecule has 106 valence electrons. The van der Waals surface area contributed by atoms with Gasteiger partial charge in [-0.3, -0.25) is 4.98 Å². The molecule has 3 rings (SSSR count). The van der Waals surface area contributed by atoms with E-state index in [1.165, 1.54) is 30.2 Å². The molecular weight excluding hydrogens is 248 g/mol. The van der Waals surface area contributed by atoms with Crippen LogP contribution >= 0.6 is 0 Å². The Balaban J connectivity index is 1.47. The van der Waals surface area contributed by atoms with Gasteiger partial charge in [0.2, 0.25) is 0 Å². The molecule has 1 aromatic carbocycles. The first-order valence-corrected chi connectivity index (χ1v) is 7.54. The molecule has 0 amide bonds. The molecule has 1 aliphatic heterocycles. The van der Waals surface area contributed by atoms with E-state index < -0.39 is 0 Å². The van der Waals surface area contributed by atoms with Gasteiger partial charge in [-0.15, -0.1) is 0 Å². The predicted molar refractivity (Wildman–Crippen MR) is 81.6 cm³/mol. The molecule has 1 N–H and O–H groups in total. The molecule has 2 heterocycles. The molecule has 1 fully saturated rings. The van der Waals surface area contributed by atoms with Crippen molar-refractivity contribution in [2.24, 2.45) is 5.92 Å². The number of hydrogen-bond donors (Lipinski definition) is 1. The van der Waals surface area contributed by atoms with Crippen LogP contribution in [-0.4, -0.2) is 24.7 Å². The lowest BCUT2D eigenvalue weighted by Gasteiger charge is -2.09. The molecule has 3 nitrogen and oxygen atoms in total. The maximum absolute atomic E-state index is 5.40. The molecule has 0 radical (unpaired) electrons. The zero-order chi connectivity index (χ0) is 13.6. The molecule has 1 saturated heterocycles. The quantitative estimate of drug-likeness (QED) is 0.819. The van der Waals surface area contributed by atoms with Crippen molar-refractivity contribution in [1.82, 2.24) is 10.3 Å². The van der Waals surface area contributed by atoms with Crippen molar-refractivity contribution in [1.29, 1.82) is 0 Å². The van der Waals surface area contributed by atoms with Crippen LogP contribution in [0.2, 0.25) is 0 Å². The summed E-state index contributed by atoms with van der Waals surface area (Å²) in [5.41, 5.74) is 2.41. The van der Waals surface area contributed by atoms with Gasteiger partial charge >= 0.3 is 0 Å². The number of rotatable bonds is 6. The van der Waals surface area contributed by atoms with E-state index in [4.69, 9.17) is 4.74 Å². The summed E-state index contributed by atoms with van der Waals surface area (Å²) < 4.78 is 5.40. The van der Waals surface area contributed by atoms with Crippen molar-refractivity contribution in [3.8, 4) is 0 Å². The SMILES string of the molecule is c1cc(CNCCCC2CCOC2)c2cccnc2c1. The van der Waals surface area contributed by atoms with Crippen molar-refractivity contribution >= 4 is 10.9 Å². The fourth-order valence-corrected chi connectivity index (χ4v) is 2.87. The van der Waals surface area contributed by atoms with Crippen LogP contribution in [0.3, 0.4) is 0 Å². The Labute approximate surface area is 120 Å². The van der Waals surface area contributed by atoms with Crippen molar-refractivity contribution in [3.05, 3.63) is 42.1 Å². The summed E-state index contributed by atoms with van der Waals surface area (Å²) in [6, 6.07) is 10.5. The van der Waals surface area contributed by atoms with Gasteiger partial charge in [0.15, 0.2) is 0 Å². The summed E-state index contributed by atoms with van der Waals surface area (Å²) in [6.45, 7) is 3.92. The highest BCUT2D eigenvalue weighted by Gasteiger charge is 2.14. The molecule has 0 saturated carbocycles. The monoisotopic (exact) mass is 270 g/mol. The lowest BCUT2D eigenvalue weighted by atomic mass is 10.0. The summed E-state index contributed by atoms with van der Waals surface area (Å²) in [6.07, 6.45) is 5.61. The Kier molecular flexibility index (Phi) is 4.61. The number of nitrogens with one attached hydrogen (secondary N) is 1. The normalized spacial score (nSPS) is 18.7. The number of fused-ring (bicyclic) bond motifs is 1. The Morgan fingerprint density at radius 2 is 2.25 bits per heavy atom. The van der Waals surface area contributed by atoms with Gasteiger partial charge in [-0.25, -0.2) is 0 Å². The zero-order valence-electron chi connectivity index (χ0n) is 11.8. The number of aromatic nitrogens is 1. The van der Waals surface area contributed by atoms with Gasteiger partial charge in [0.25, 0.3) is 0 Å². The van der Waals surface area contributed by atoms with Gasteiger partial charge in [-0.2, -0.15) is 0 Å². The predicted octanol–water partition coefficient (Wildman–Crippen LogP) is 3.14. The molecule has 1 aromatic heterocycles. The zero-order valence-corrected chi connectivity index (χ0v) is 11.8. The summed E-state index contributed by atoms with van der Waals surface area (Å²) >= 11 is 0. The van der Waals surface area contributed by atoms with Crippen molar-refractivity contribution in [2.75, 3.05) is 19.8 Å². The molecule has 2 aromatic rings. The molecule has 20 heavy (non-hydrogen) atoms. The van der Waals surface area contributed by atoms with Crippen LogP contribution in [0.5, 0.6) is 0 Å². The van der Waals surface area contributed by atoms with Crippen LogP contribution in [-0.2, 0) is 11.3 Å². The number of ether oxygens (including phenoxy) is 1. The lowest BCUT2D eigenvalue weighted by Crippen LogP contribution is -2.16. The van der Waals surface area contributed by atoms with Crippen LogP contribution in [0.15, 0.2) is 36.5 Å². The maximum Gasteiger partial charge on any atom is 0.0705 e. The standard InChI is InChI=1S/C17H22N2O/c1-5-15(16-6-3-10-19-17(16)7-1)12-18-9-2-4-14-8-11-20-13-14/h1,3,5-7,10,14,18H,2,4,8-9,11-13H2. The largest absolute Gasteiger partial charge is 0.381 e. The summed E-state index contributed by atoms with van der Waals surface area (Å²) in [5, 5.41) is 4.81. The third-order valence-corrected chi connectivity index (χ3v) is 4.04. The highest BCUT2D eigenvalue weighted by atomic mass is 16.5. The van der Waals surface area contributed by atoms with Crippen molar-refractivity contribution < 1.29 is 4.74 Å². The van der Waals surface area contributed by atoms with Crippen LogP contribution < -0.4 is 5.32 Å². The van der Waals surface area contributed by atoms with Crippen LogP contribution in [0.4, 0.5) is 0 Å². The van der Waals surface area contributed by atoms with Gasteiger partial charge in [-0.1, -0.05) is 18.2 Å². The molecule has 1 unspecified atom stereocenters. The molecular formula is C17H22N2O. The molecule has 0 spiro atoms. The van der Waals surface area contributed by atoms with E-state index in [-0.39, 0.29) is 0 Å². The van der Waals surface area contributed by atoms with Gasteiger partial charge in [-0.05, 0) is 49.4 Å². The van der Waals surface area contributed by atoms with E-state index >= 15 is 0 Å². The summed E-state index contributed by atoms with van der Waals surface area (Å²) in [7, 11) is 0. The topological polar surface area (TPSA) is 34.1 Å². The number of nitrogens with zero attached hydrogens (tertiary/aromatic N) is 1. The van der Waals surface area contributed by atoms with Gasteiger partial charge < -0.3 is 10.1 Å². The first-order chi connectivity index (χ1) is 9.93. The number of hydrogen-bond acceptors (Lipinski definition) is 3. The van der Waals surface area contributed by atoms with Crippen LogP contribution in [0, 0.1) is 5.92 Å². The third kappa shape index (κ3) is 3.35. The lowest BCUT2D eigenvalue weighted by molar-refractivity contribution is 0.184. The Hall–Kier alpha value is -1.45. The van der Waals surface area contributed by atoms with Gasteiger partial charge in [0.05, 0.1) is 5.52 Å². The molecule has 1 atom stereocenters. The van der Waals surface area contributed by atoms with Crippen molar-refractivity contribution in [3.63, 3.8) is 0 Å². The Bertz CT molecular complexity index is 544. The maximum atomic E-state index is 5.40. The highest BCUT2D eigenvalue weighted by molar-refractivity contribution is 5.81. The second-order valence-corrected chi connectivity index (χ2v) is 5.54. The minimum Gasteiger partial charge on any atom is -0.381 e. The number of benzene rings is 1. The van der Waals surface area contributed by atoms with E-state index in [9.17, 15) is 0 Å². The van der Waals surface area contributed by atoms with E-state index in [0.717, 1.165) is 37.7 Å². The Morgan fingerprint density at radius 1 is 1.25 bits per heavy atom. The van der Waals surface area contributed by atoms with E-state index in [1.807, 2.05) is 12.3 Å². The minimum atomic E-state index is 0.790. The third-order valence-electron chi connectivity index (χ3n) is 4.04. The molecule has 3 heteroatoms. The first kappa shape index (κ1) is 13.5. The molecule has 0 bridgehead atoms. The second-order valence-electron chi connectivity index (χ2n) is 5.54. The van der Waals surface area contributed by atoms with Gasteiger partial charge in [0.1, 0.15) is 0 Å². The fraction of sp³-hybridized carbons (Fsp3) is 0.471. The highest BCUT2D eigenvalue weighted by Crippen LogP contribution is 2.18. The van der Waals surface area contributed by atoms with Crippen LogP contribution in [0.1, 0.15) is 24.8 Å². The van der Waals surface area contributed by atoms with E-state index in [2.05, 4.69) is 34.6 Å². The van der Waals surface area contributed by atoms with E-state index in [0.29, 0.717) is 0 Å². The van der Waals surface area contributed by atoms with Crippen molar-refractivity contribution in [2.45, 2.75) is 25.8 Å². The second kappa shape index (κ2) is 6.82. The minimum absolute atomic E-state index is 0.790.